The number of piperazine rings is 1. The van der Waals surface area contributed by atoms with Crippen molar-refractivity contribution in [3.05, 3.63) is 72.2 Å². The molecule has 1 fully saturated rings. The Balaban J connectivity index is 1.47. The van der Waals surface area contributed by atoms with Crippen LogP contribution >= 0.6 is 0 Å². The van der Waals surface area contributed by atoms with Gasteiger partial charge in [0, 0.05) is 57.2 Å². The second-order valence-electron chi connectivity index (χ2n) is 7.19. The van der Waals surface area contributed by atoms with E-state index >= 15 is 0 Å². The summed E-state index contributed by atoms with van der Waals surface area (Å²) in [6.07, 6.45) is 3.66. The minimum atomic E-state index is 0.0529. The fourth-order valence-electron chi connectivity index (χ4n) is 3.75. The van der Waals surface area contributed by atoms with Gasteiger partial charge in [0.15, 0.2) is 0 Å². The van der Waals surface area contributed by atoms with Crippen LogP contribution in [0.2, 0.25) is 0 Å². The van der Waals surface area contributed by atoms with Gasteiger partial charge in [-0.3, -0.25) is 19.4 Å². The summed E-state index contributed by atoms with van der Waals surface area (Å²) in [4.78, 5) is 22.0. The van der Waals surface area contributed by atoms with Gasteiger partial charge in [0.25, 0.3) is 5.91 Å². The SMILES string of the molecule is CC(c1ccccn1)N1CCN(C(=O)c2cn(C)nc2-c2ccccc2)CC1. The molecular weight excluding hydrogens is 350 g/mol. The van der Waals surface area contributed by atoms with Crippen LogP contribution in [0.4, 0.5) is 0 Å². The standard InChI is InChI=1S/C22H25N5O/c1-17(20-10-6-7-11-23-20)26-12-14-27(15-13-26)22(28)19-16-25(2)24-21(19)18-8-4-3-5-9-18/h3-11,16-17H,12-15H2,1-2H3. The predicted molar refractivity (Wildman–Crippen MR) is 109 cm³/mol. The number of hydrogen-bond donors (Lipinski definition) is 0. The molecule has 1 unspecified atom stereocenters. The van der Waals surface area contributed by atoms with Crippen molar-refractivity contribution in [2.75, 3.05) is 26.2 Å². The van der Waals surface area contributed by atoms with E-state index in [1.807, 2.05) is 66.8 Å². The van der Waals surface area contributed by atoms with Gasteiger partial charge >= 0.3 is 0 Å². The van der Waals surface area contributed by atoms with Crippen LogP contribution in [0.15, 0.2) is 60.9 Å². The Labute approximate surface area is 165 Å². The molecular formula is C22H25N5O. The van der Waals surface area contributed by atoms with E-state index in [2.05, 4.69) is 28.0 Å². The number of amides is 1. The molecule has 3 heterocycles. The Morgan fingerprint density at radius 3 is 2.39 bits per heavy atom. The number of rotatable bonds is 4. The van der Waals surface area contributed by atoms with E-state index in [0.717, 1.165) is 30.0 Å². The van der Waals surface area contributed by atoms with Gasteiger partial charge in [0.1, 0.15) is 5.69 Å². The molecule has 6 nitrogen and oxygen atoms in total. The van der Waals surface area contributed by atoms with Crippen LogP contribution < -0.4 is 0 Å². The normalized spacial score (nSPS) is 16.1. The number of benzene rings is 1. The maximum absolute atomic E-state index is 13.2. The molecule has 1 saturated heterocycles. The lowest BCUT2D eigenvalue weighted by atomic mass is 10.1. The third-order valence-corrected chi connectivity index (χ3v) is 5.37. The van der Waals surface area contributed by atoms with Gasteiger partial charge in [0.2, 0.25) is 0 Å². The van der Waals surface area contributed by atoms with Crippen molar-refractivity contribution in [3.63, 3.8) is 0 Å². The Hall–Kier alpha value is -2.99. The maximum Gasteiger partial charge on any atom is 0.257 e. The van der Waals surface area contributed by atoms with Crippen molar-refractivity contribution < 1.29 is 4.79 Å². The lowest BCUT2D eigenvalue weighted by Gasteiger charge is -2.37. The predicted octanol–water partition coefficient (Wildman–Crippen LogP) is 3.00. The molecule has 2 aromatic heterocycles. The van der Waals surface area contributed by atoms with Gasteiger partial charge in [0.05, 0.1) is 11.3 Å². The van der Waals surface area contributed by atoms with Crippen LogP contribution in [0.5, 0.6) is 0 Å². The molecule has 1 aliphatic rings. The summed E-state index contributed by atoms with van der Waals surface area (Å²) in [5.41, 5.74) is 3.45. The van der Waals surface area contributed by atoms with Crippen molar-refractivity contribution in [2.24, 2.45) is 7.05 Å². The Bertz CT molecular complexity index is 930. The van der Waals surface area contributed by atoms with E-state index < -0.39 is 0 Å². The topological polar surface area (TPSA) is 54.3 Å². The molecule has 3 aromatic rings. The largest absolute Gasteiger partial charge is 0.336 e. The van der Waals surface area contributed by atoms with Gasteiger partial charge in [-0.05, 0) is 19.1 Å². The number of carbonyl (C=O) groups is 1. The van der Waals surface area contributed by atoms with Crippen LogP contribution in [-0.2, 0) is 7.05 Å². The van der Waals surface area contributed by atoms with Crippen LogP contribution in [0.3, 0.4) is 0 Å². The van der Waals surface area contributed by atoms with E-state index in [-0.39, 0.29) is 11.9 Å². The van der Waals surface area contributed by atoms with Crippen molar-refractivity contribution in [3.8, 4) is 11.3 Å². The van der Waals surface area contributed by atoms with Crippen molar-refractivity contribution in [1.29, 1.82) is 0 Å². The first-order chi connectivity index (χ1) is 13.6. The molecule has 28 heavy (non-hydrogen) atoms. The molecule has 0 aliphatic carbocycles. The van der Waals surface area contributed by atoms with E-state index in [1.165, 1.54) is 0 Å². The average Bonchev–Trinajstić information content (AvgIpc) is 3.16. The highest BCUT2D eigenvalue weighted by Gasteiger charge is 2.28. The summed E-state index contributed by atoms with van der Waals surface area (Å²) in [5.74, 6) is 0.0529. The summed E-state index contributed by atoms with van der Waals surface area (Å²) in [7, 11) is 1.86. The lowest BCUT2D eigenvalue weighted by molar-refractivity contribution is 0.0579. The minimum absolute atomic E-state index is 0.0529. The highest BCUT2D eigenvalue weighted by molar-refractivity contribution is 5.99. The van der Waals surface area contributed by atoms with Gasteiger partial charge in [-0.2, -0.15) is 5.10 Å². The molecule has 0 radical (unpaired) electrons. The van der Waals surface area contributed by atoms with Crippen LogP contribution in [0.1, 0.15) is 29.0 Å². The molecule has 6 heteroatoms. The molecule has 0 saturated carbocycles. The average molecular weight is 375 g/mol. The molecule has 0 bridgehead atoms. The van der Waals surface area contributed by atoms with Gasteiger partial charge < -0.3 is 4.90 Å². The summed E-state index contributed by atoms with van der Waals surface area (Å²) in [5, 5.41) is 4.53. The summed E-state index contributed by atoms with van der Waals surface area (Å²) in [6.45, 7) is 5.27. The molecule has 1 atom stereocenters. The van der Waals surface area contributed by atoms with Gasteiger partial charge in [-0.25, -0.2) is 0 Å². The molecule has 1 aliphatic heterocycles. The highest BCUT2D eigenvalue weighted by atomic mass is 16.2. The fourth-order valence-corrected chi connectivity index (χ4v) is 3.75. The maximum atomic E-state index is 13.2. The number of hydrogen-bond acceptors (Lipinski definition) is 4. The molecule has 1 amide bonds. The molecule has 0 spiro atoms. The summed E-state index contributed by atoms with van der Waals surface area (Å²) in [6, 6.07) is 16.2. The summed E-state index contributed by atoms with van der Waals surface area (Å²) >= 11 is 0. The monoisotopic (exact) mass is 375 g/mol. The van der Waals surface area contributed by atoms with Crippen molar-refractivity contribution in [2.45, 2.75) is 13.0 Å². The zero-order valence-corrected chi connectivity index (χ0v) is 16.3. The third kappa shape index (κ3) is 3.68. The van der Waals surface area contributed by atoms with Crippen LogP contribution in [-0.4, -0.2) is 56.7 Å². The fraction of sp³-hybridized carbons (Fsp3) is 0.318. The summed E-state index contributed by atoms with van der Waals surface area (Å²) < 4.78 is 1.72. The quantitative estimate of drug-likeness (QED) is 0.703. The van der Waals surface area contributed by atoms with Crippen LogP contribution in [0, 0.1) is 0 Å². The Morgan fingerprint density at radius 2 is 1.71 bits per heavy atom. The molecule has 1 aromatic carbocycles. The Morgan fingerprint density at radius 1 is 1.00 bits per heavy atom. The zero-order chi connectivity index (χ0) is 19.5. The first-order valence-corrected chi connectivity index (χ1v) is 9.67. The lowest BCUT2D eigenvalue weighted by Crippen LogP contribution is -2.49. The van der Waals surface area contributed by atoms with E-state index in [4.69, 9.17) is 0 Å². The molecule has 144 valence electrons. The second kappa shape index (κ2) is 7.94. The third-order valence-electron chi connectivity index (χ3n) is 5.37. The molecule has 0 N–H and O–H groups in total. The number of carbonyl (C=O) groups excluding carboxylic acids is 1. The molecule has 4 rings (SSSR count). The number of aryl methyl sites for hydroxylation is 1. The smallest absolute Gasteiger partial charge is 0.257 e. The van der Waals surface area contributed by atoms with Crippen molar-refractivity contribution in [1.82, 2.24) is 24.6 Å². The van der Waals surface area contributed by atoms with Crippen molar-refractivity contribution >= 4 is 5.91 Å². The van der Waals surface area contributed by atoms with Gasteiger partial charge in [-0.1, -0.05) is 36.4 Å². The Kier molecular flexibility index (Phi) is 5.21. The number of nitrogens with zero attached hydrogens (tertiary/aromatic N) is 5. The first kappa shape index (κ1) is 18.4. The van der Waals surface area contributed by atoms with E-state index in [1.54, 1.807) is 4.68 Å². The first-order valence-electron chi connectivity index (χ1n) is 9.67. The minimum Gasteiger partial charge on any atom is -0.336 e. The van der Waals surface area contributed by atoms with Crippen LogP contribution in [0.25, 0.3) is 11.3 Å². The zero-order valence-electron chi connectivity index (χ0n) is 16.3. The van der Waals surface area contributed by atoms with E-state index in [9.17, 15) is 4.79 Å². The number of pyridine rings is 1. The number of aromatic nitrogens is 3. The van der Waals surface area contributed by atoms with Gasteiger partial charge in [-0.15, -0.1) is 0 Å². The highest BCUT2D eigenvalue weighted by Crippen LogP contribution is 2.25. The second-order valence-corrected chi connectivity index (χ2v) is 7.19. The van der Waals surface area contributed by atoms with E-state index in [0.29, 0.717) is 18.7 Å².